The number of aromatic nitrogens is 2. The lowest BCUT2D eigenvalue weighted by Gasteiger charge is -2.06. The molecule has 0 atom stereocenters. The van der Waals surface area contributed by atoms with Gasteiger partial charge in [-0.3, -0.25) is 10.1 Å². The van der Waals surface area contributed by atoms with Gasteiger partial charge in [0, 0.05) is 18.8 Å². The number of hydrogen-bond acceptors (Lipinski definition) is 5. The number of hydrogen-bond donors (Lipinski definition) is 1. The molecular formula is C12H10F2N4O2. The van der Waals surface area contributed by atoms with Crippen LogP contribution in [0, 0.1) is 21.7 Å². The summed E-state index contributed by atoms with van der Waals surface area (Å²) in [5.41, 5.74) is -0.899. The standard InChI is InChI=1S/C12H10F2N4O2/c1-15-6-7-4-5-16-12(17-7)10-8(13)2-3-9(11(10)14)18(19)20/h2-5,15H,6H2,1H3. The summed E-state index contributed by atoms with van der Waals surface area (Å²) in [6, 6.07) is 3.17. The molecule has 2 aromatic rings. The molecule has 0 radical (unpaired) electrons. The van der Waals surface area contributed by atoms with Crippen LogP contribution in [0.5, 0.6) is 0 Å². The molecule has 0 aliphatic rings. The van der Waals surface area contributed by atoms with Gasteiger partial charge >= 0.3 is 5.69 Å². The smallest absolute Gasteiger partial charge is 0.305 e. The molecule has 0 saturated heterocycles. The molecule has 1 aromatic heterocycles. The summed E-state index contributed by atoms with van der Waals surface area (Å²) in [5, 5.41) is 13.5. The number of nitro groups is 1. The van der Waals surface area contributed by atoms with Crippen LogP contribution < -0.4 is 5.32 Å². The zero-order valence-corrected chi connectivity index (χ0v) is 10.4. The Bertz CT molecular complexity index is 664. The van der Waals surface area contributed by atoms with Crippen molar-refractivity contribution in [1.29, 1.82) is 0 Å². The van der Waals surface area contributed by atoms with Crippen LogP contribution in [0.3, 0.4) is 0 Å². The second kappa shape index (κ2) is 5.66. The first kappa shape index (κ1) is 13.9. The Morgan fingerprint density at radius 1 is 1.35 bits per heavy atom. The maximum absolute atomic E-state index is 14.0. The van der Waals surface area contributed by atoms with Crippen LogP contribution in [-0.2, 0) is 6.54 Å². The van der Waals surface area contributed by atoms with Gasteiger partial charge in [0.2, 0.25) is 5.82 Å². The van der Waals surface area contributed by atoms with Crippen molar-refractivity contribution >= 4 is 5.69 Å². The van der Waals surface area contributed by atoms with Crippen LogP contribution in [0.15, 0.2) is 24.4 Å². The van der Waals surface area contributed by atoms with E-state index in [2.05, 4.69) is 15.3 Å². The number of nitrogens with zero attached hydrogens (tertiary/aromatic N) is 3. The number of benzene rings is 1. The lowest BCUT2D eigenvalue weighted by Crippen LogP contribution is -2.08. The van der Waals surface area contributed by atoms with Crippen molar-refractivity contribution in [3.63, 3.8) is 0 Å². The molecule has 0 aliphatic carbocycles. The average Bonchev–Trinajstić information content (AvgIpc) is 2.39. The predicted molar refractivity (Wildman–Crippen MR) is 66.8 cm³/mol. The summed E-state index contributed by atoms with van der Waals surface area (Å²) < 4.78 is 27.7. The van der Waals surface area contributed by atoms with Crippen LogP contribution in [0.25, 0.3) is 11.4 Å². The molecule has 0 amide bonds. The highest BCUT2D eigenvalue weighted by Crippen LogP contribution is 2.29. The van der Waals surface area contributed by atoms with E-state index in [4.69, 9.17) is 0 Å². The van der Waals surface area contributed by atoms with Gasteiger partial charge in [0.25, 0.3) is 0 Å². The highest BCUT2D eigenvalue weighted by molar-refractivity contribution is 5.61. The van der Waals surface area contributed by atoms with Gasteiger partial charge < -0.3 is 5.32 Å². The third-order valence-electron chi connectivity index (χ3n) is 2.56. The van der Waals surface area contributed by atoms with Gasteiger partial charge in [-0.1, -0.05) is 0 Å². The molecule has 0 saturated carbocycles. The Morgan fingerprint density at radius 2 is 2.10 bits per heavy atom. The van der Waals surface area contributed by atoms with E-state index in [0.717, 1.165) is 12.1 Å². The molecule has 104 valence electrons. The first-order valence-corrected chi connectivity index (χ1v) is 5.64. The number of rotatable bonds is 4. The molecule has 8 heteroatoms. The van der Waals surface area contributed by atoms with E-state index in [0.29, 0.717) is 12.2 Å². The maximum atomic E-state index is 14.0. The predicted octanol–water partition coefficient (Wildman–Crippen LogP) is 2.05. The summed E-state index contributed by atoms with van der Waals surface area (Å²) in [5.74, 6) is -2.46. The van der Waals surface area contributed by atoms with Crippen molar-refractivity contribution in [2.45, 2.75) is 6.54 Å². The largest absolute Gasteiger partial charge is 0.314 e. The minimum Gasteiger partial charge on any atom is -0.314 e. The fourth-order valence-electron chi connectivity index (χ4n) is 1.68. The molecule has 0 aliphatic heterocycles. The van der Waals surface area contributed by atoms with E-state index >= 15 is 0 Å². The summed E-state index contributed by atoms with van der Waals surface area (Å²) in [7, 11) is 1.69. The lowest BCUT2D eigenvalue weighted by atomic mass is 10.1. The molecule has 1 aromatic carbocycles. The molecule has 1 heterocycles. The topological polar surface area (TPSA) is 81.0 Å². The SMILES string of the molecule is CNCc1ccnc(-c2c(F)ccc([N+](=O)[O-])c2F)n1. The van der Waals surface area contributed by atoms with Gasteiger partial charge in [-0.05, 0) is 19.2 Å². The summed E-state index contributed by atoms with van der Waals surface area (Å²) >= 11 is 0. The highest BCUT2D eigenvalue weighted by Gasteiger charge is 2.24. The van der Waals surface area contributed by atoms with Crippen molar-refractivity contribution in [3.8, 4) is 11.4 Å². The third kappa shape index (κ3) is 2.59. The molecule has 20 heavy (non-hydrogen) atoms. The van der Waals surface area contributed by atoms with Gasteiger partial charge in [0.05, 0.1) is 16.2 Å². The van der Waals surface area contributed by atoms with Crippen LogP contribution in [0.4, 0.5) is 14.5 Å². The van der Waals surface area contributed by atoms with Crippen molar-refractivity contribution in [2.75, 3.05) is 7.05 Å². The van der Waals surface area contributed by atoms with Crippen LogP contribution in [0.2, 0.25) is 0 Å². The quantitative estimate of drug-likeness (QED) is 0.684. The van der Waals surface area contributed by atoms with Gasteiger partial charge in [-0.25, -0.2) is 14.4 Å². The first-order chi connectivity index (χ1) is 9.54. The second-order valence-corrected chi connectivity index (χ2v) is 3.91. The minimum atomic E-state index is -1.28. The minimum absolute atomic E-state index is 0.226. The van der Waals surface area contributed by atoms with Gasteiger partial charge in [0.1, 0.15) is 5.82 Å². The molecule has 0 unspecified atom stereocenters. The molecule has 0 spiro atoms. The van der Waals surface area contributed by atoms with E-state index in [1.54, 1.807) is 13.1 Å². The van der Waals surface area contributed by atoms with Gasteiger partial charge in [0.15, 0.2) is 5.82 Å². The molecule has 6 nitrogen and oxygen atoms in total. The first-order valence-electron chi connectivity index (χ1n) is 5.64. The van der Waals surface area contributed by atoms with Gasteiger partial charge in [-0.2, -0.15) is 4.39 Å². The van der Waals surface area contributed by atoms with E-state index in [-0.39, 0.29) is 5.82 Å². The van der Waals surface area contributed by atoms with E-state index in [1.165, 1.54) is 6.20 Å². The van der Waals surface area contributed by atoms with Crippen molar-refractivity contribution in [1.82, 2.24) is 15.3 Å². The summed E-state index contributed by atoms with van der Waals surface area (Å²) in [6.07, 6.45) is 1.34. The summed E-state index contributed by atoms with van der Waals surface area (Å²) in [6.45, 7) is 0.383. The van der Waals surface area contributed by atoms with E-state index in [9.17, 15) is 18.9 Å². The third-order valence-corrected chi connectivity index (χ3v) is 2.56. The monoisotopic (exact) mass is 280 g/mol. The lowest BCUT2D eigenvalue weighted by molar-refractivity contribution is -0.387. The molecule has 1 N–H and O–H groups in total. The second-order valence-electron chi connectivity index (χ2n) is 3.91. The number of halogens is 2. The number of nitrogens with one attached hydrogen (secondary N) is 1. The van der Waals surface area contributed by atoms with Crippen LogP contribution in [0.1, 0.15) is 5.69 Å². The van der Waals surface area contributed by atoms with Crippen LogP contribution in [-0.4, -0.2) is 21.9 Å². The molecule has 2 rings (SSSR count). The fraction of sp³-hybridized carbons (Fsp3) is 0.167. The number of nitro benzene ring substituents is 1. The van der Waals surface area contributed by atoms with Gasteiger partial charge in [-0.15, -0.1) is 0 Å². The van der Waals surface area contributed by atoms with Crippen molar-refractivity contribution in [3.05, 3.63) is 51.8 Å². The Hall–Kier alpha value is -2.48. The fourth-order valence-corrected chi connectivity index (χ4v) is 1.68. The molecule has 0 fully saturated rings. The van der Waals surface area contributed by atoms with Crippen LogP contribution >= 0.6 is 0 Å². The Morgan fingerprint density at radius 3 is 2.75 bits per heavy atom. The van der Waals surface area contributed by atoms with E-state index in [1.807, 2.05) is 0 Å². The van der Waals surface area contributed by atoms with Crippen molar-refractivity contribution in [2.24, 2.45) is 0 Å². The molecule has 0 bridgehead atoms. The van der Waals surface area contributed by atoms with Crippen molar-refractivity contribution < 1.29 is 13.7 Å². The zero-order valence-electron chi connectivity index (χ0n) is 10.4. The summed E-state index contributed by atoms with van der Waals surface area (Å²) in [4.78, 5) is 17.5. The Labute approximate surface area is 112 Å². The average molecular weight is 280 g/mol. The van der Waals surface area contributed by atoms with E-state index < -0.39 is 27.8 Å². The highest BCUT2D eigenvalue weighted by atomic mass is 19.1. The Balaban J connectivity index is 2.59. The molecular weight excluding hydrogens is 270 g/mol. The zero-order chi connectivity index (χ0) is 14.7. The normalized spacial score (nSPS) is 10.6. The Kier molecular flexibility index (Phi) is 3.94. The maximum Gasteiger partial charge on any atom is 0.305 e.